The summed E-state index contributed by atoms with van der Waals surface area (Å²) in [7, 11) is 1.44. The van der Waals surface area contributed by atoms with Crippen LogP contribution in [0.2, 0.25) is 0 Å². The van der Waals surface area contributed by atoms with E-state index in [1.165, 1.54) is 13.2 Å². The van der Waals surface area contributed by atoms with E-state index < -0.39 is 5.82 Å². The Morgan fingerprint density at radius 2 is 2.05 bits per heavy atom. The lowest BCUT2D eigenvalue weighted by atomic mass is 10.2. The topological polar surface area (TPSA) is 47.0 Å². The molecule has 20 heavy (non-hydrogen) atoms. The summed E-state index contributed by atoms with van der Waals surface area (Å²) in [6.07, 6.45) is 1.01. The van der Waals surface area contributed by atoms with Crippen molar-refractivity contribution in [3.05, 3.63) is 35.8 Å². The fourth-order valence-corrected chi connectivity index (χ4v) is 1.85. The second kappa shape index (κ2) is 6.32. The molecule has 1 aromatic heterocycles. The van der Waals surface area contributed by atoms with E-state index in [0.717, 1.165) is 24.5 Å². The molecule has 0 fully saturated rings. The summed E-state index contributed by atoms with van der Waals surface area (Å²) < 4.78 is 18.7. The van der Waals surface area contributed by atoms with Gasteiger partial charge < -0.3 is 10.1 Å². The zero-order valence-corrected chi connectivity index (χ0v) is 11.9. The van der Waals surface area contributed by atoms with E-state index >= 15 is 0 Å². The Morgan fingerprint density at radius 1 is 1.25 bits per heavy atom. The third kappa shape index (κ3) is 3.23. The van der Waals surface area contributed by atoms with E-state index in [9.17, 15) is 4.39 Å². The number of anilines is 1. The second-order valence-electron chi connectivity index (χ2n) is 4.49. The normalized spacial score (nSPS) is 10.4. The van der Waals surface area contributed by atoms with Crippen LogP contribution in [0.1, 0.15) is 19.0 Å². The molecule has 0 spiro atoms. The monoisotopic (exact) mass is 275 g/mol. The zero-order valence-electron chi connectivity index (χ0n) is 11.9. The minimum atomic E-state index is -0.418. The third-order valence-electron chi connectivity index (χ3n) is 2.82. The molecule has 2 aromatic rings. The predicted octanol–water partition coefficient (Wildman–Crippen LogP) is 3.42. The van der Waals surface area contributed by atoms with Crippen LogP contribution in [0.15, 0.2) is 24.3 Å². The quantitative estimate of drug-likeness (QED) is 0.908. The first-order valence-electron chi connectivity index (χ1n) is 6.57. The fraction of sp³-hybridized carbons (Fsp3) is 0.333. The highest BCUT2D eigenvalue weighted by Crippen LogP contribution is 2.24. The highest BCUT2D eigenvalue weighted by atomic mass is 19.1. The molecule has 0 aliphatic heterocycles. The van der Waals surface area contributed by atoms with Crippen molar-refractivity contribution in [1.82, 2.24) is 9.97 Å². The number of aromatic nitrogens is 2. The van der Waals surface area contributed by atoms with Crippen LogP contribution in [0.3, 0.4) is 0 Å². The first-order valence-corrected chi connectivity index (χ1v) is 6.57. The Kier molecular flexibility index (Phi) is 4.50. The molecule has 0 saturated heterocycles. The number of benzene rings is 1. The number of rotatable bonds is 5. The van der Waals surface area contributed by atoms with Crippen LogP contribution in [0.4, 0.5) is 10.2 Å². The minimum Gasteiger partial charge on any atom is -0.494 e. The Labute approximate surface area is 118 Å². The molecule has 0 unspecified atom stereocenters. The van der Waals surface area contributed by atoms with Crippen LogP contribution in [-0.4, -0.2) is 23.6 Å². The molecule has 1 aromatic carbocycles. The van der Waals surface area contributed by atoms with Gasteiger partial charge in [-0.3, -0.25) is 0 Å². The lowest BCUT2D eigenvalue weighted by Gasteiger charge is -2.09. The summed E-state index contributed by atoms with van der Waals surface area (Å²) in [4.78, 5) is 8.76. The van der Waals surface area contributed by atoms with Crippen molar-refractivity contribution in [2.24, 2.45) is 0 Å². The van der Waals surface area contributed by atoms with Crippen LogP contribution in [0, 0.1) is 12.7 Å². The van der Waals surface area contributed by atoms with Crippen LogP contribution < -0.4 is 10.1 Å². The highest BCUT2D eigenvalue weighted by molar-refractivity contribution is 5.59. The Hall–Kier alpha value is -2.17. The van der Waals surface area contributed by atoms with Gasteiger partial charge in [-0.2, -0.15) is 0 Å². The van der Waals surface area contributed by atoms with Gasteiger partial charge in [0, 0.05) is 23.9 Å². The number of methoxy groups -OCH3 is 1. The highest BCUT2D eigenvalue weighted by Gasteiger charge is 2.09. The molecule has 0 atom stereocenters. The van der Waals surface area contributed by atoms with E-state index in [1.807, 2.05) is 13.0 Å². The molecular formula is C15H18FN3O. The minimum absolute atomic E-state index is 0.214. The van der Waals surface area contributed by atoms with Gasteiger partial charge in [-0.1, -0.05) is 6.92 Å². The van der Waals surface area contributed by atoms with Crippen molar-refractivity contribution in [3.8, 4) is 17.1 Å². The zero-order chi connectivity index (χ0) is 14.5. The number of nitrogens with zero attached hydrogens (tertiary/aromatic N) is 2. The summed E-state index contributed by atoms with van der Waals surface area (Å²) in [5.74, 6) is 1.06. The molecule has 0 aliphatic carbocycles. The standard InChI is InChI=1S/C15H18FN3O/c1-4-7-17-14-8-10(2)18-15(19-14)11-5-6-13(20-3)12(16)9-11/h5-6,8-9H,4,7H2,1-3H3,(H,17,18,19). The Balaban J connectivity index is 2.36. The van der Waals surface area contributed by atoms with Crippen LogP contribution in [0.5, 0.6) is 5.75 Å². The molecule has 106 valence electrons. The average molecular weight is 275 g/mol. The van der Waals surface area contributed by atoms with Crippen molar-refractivity contribution >= 4 is 5.82 Å². The SMILES string of the molecule is CCCNc1cc(C)nc(-c2ccc(OC)c(F)c2)n1. The maximum atomic E-state index is 13.7. The van der Waals surface area contributed by atoms with Crippen molar-refractivity contribution < 1.29 is 9.13 Å². The molecule has 4 nitrogen and oxygen atoms in total. The van der Waals surface area contributed by atoms with Gasteiger partial charge in [0.25, 0.3) is 0 Å². The number of aryl methyl sites for hydroxylation is 1. The van der Waals surface area contributed by atoms with Gasteiger partial charge >= 0.3 is 0 Å². The van der Waals surface area contributed by atoms with Crippen LogP contribution in [-0.2, 0) is 0 Å². The fourth-order valence-electron chi connectivity index (χ4n) is 1.85. The summed E-state index contributed by atoms with van der Waals surface area (Å²) in [5.41, 5.74) is 1.47. The average Bonchev–Trinajstić information content (AvgIpc) is 2.44. The Bertz CT molecular complexity index is 602. The van der Waals surface area contributed by atoms with E-state index in [-0.39, 0.29) is 5.75 Å². The molecule has 5 heteroatoms. The number of ether oxygens (including phenoxy) is 1. The number of hydrogen-bond donors (Lipinski definition) is 1. The molecule has 1 N–H and O–H groups in total. The molecular weight excluding hydrogens is 257 g/mol. The summed E-state index contributed by atoms with van der Waals surface area (Å²) in [6, 6.07) is 6.59. The van der Waals surface area contributed by atoms with Crippen molar-refractivity contribution in [3.63, 3.8) is 0 Å². The summed E-state index contributed by atoms with van der Waals surface area (Å²) >= 11 is 0. The molecule has 0 aliphatic rings. The van der Waals surface area contributed by atoms with Gasteiger partial charge in [0.1, 0.15) is 5.82 Å². The smallest absolute Gasteiger partial charge is 0.165 e. The van der Waals surface area contributed by atoms with Crippen LogP contribution >= 0.6 is 0 Å². The van der Waals surface area contributed by atoms with Gasteiger partial charge in [0.15, 0.2) is 17.4 Å². The maximum absolute atomic E-state index is 13.7. The van der Waals surface area contributed by atoms with Gasteiger partial charge in [-0.05, 0) is 31.5 Å². The van der Waals surface area contributed by atoms with Gasteiger partial charge in [0.2, 0.25) is 0 Å². The van der Waals surface area contributed by atoms with Gasteiger partial charge in [-0.25, -0.2) is 14.4 Å². The van der Waals surface area contributed by atoms with E-state index in [1.54, 1.807) is 12.1 Å². The third-order valence-corrected chi connectivity index (χ3v) is 2.82. The predicted molar refractivity (Wildman–Crippen MR) is 77.5 cm³/mol. The summed E-state index contributed by atoms with van der Waals surface area (Å²) in [6.45, 7) is 4.82. The van der Waals surface area contributed by atoms with E-state index in [2.05, 4.69) is 22.2 Å². The second-order valence-corrected chi connectivity index (χ2v) is 4.49. The van der Waals surface area contributed by atoms with Crippen molar-refractivity contribution in [2.75, 3.05) is 19.0 Å². The number of halogens is 1. The van der Waals surface area contributed by atoms with Crippen molar-refractivity contribution in [2.45, 2.75) is 20.3 Å². The lowest BCUT2D eigenvalue weighted by Crippen LogP contribution is -2.04. The first kappa shape index (κ1) is 14.2. The summed E-state index contributed by atoms with van der Waals surface area (Å²) in [5, 5.41) is 3.21. The molecule has 0 radical (unpaired) electrons. The Morgan fingerprint density at radius 3 is 2.70 bits per heavy atom. The van der Waals surface area contributed by atoms with Gasteiger partial charge in [0.05, 0.1) is 7.11 Å². The lowest BCUT2D eigenvalue weighted by molar-refractivity contribution is 0.386. The number of nitrogens with one attached hydrogen (secondary N) is 1. The molecule has 0 saturated carbocycles. The number of hydrogen-bond acceptors (Lipinski definition) is 4. The largest absolute Gasteiger partial charge is 0.494 e. The first-order chi connectivity index (χ1) is 9.63. The van der Waals surface area contributed by atoms with Gasteiger partial charge in [-0.15, -0.1) is 0 Å². The molecule has 1 heterocycles. The van der Waals surface area contributed by atoms with Crippen molar-refractivity contribution in [1.29, 1.82) is 0 Å². The molecule has 0 amide bonds. The van der Waals surface area contributed by atoms with E-state index in [4.69, 9.17) is 4.74 Å². The van der Waals surface area contributed by atoms with Crippen LogP contribution in [0.25, 0.3) is 11.4 Å². The van der Waals surface area contributed by atoms with E-state index in [0.29, 0.717) is 11.4 Å². The molecule has 2 rings (SSSR count). The molecule has 0 bridgehead atoms. The maximum Gasteiger partial charge on any atom is 0.165 e.